The van der Waals surface area contributed by atoms with Gasteiger partial charge in [0, 0.05) is 22.0 Å². The van der Waals surface area contributed by atoms with Crippen LogP contribution in [-0.4, -0.2) is 16.3 Å². The van der Waals surface area contributed by atoms with E-state index in [-0.39, 0.29) is 0 Å². The van der Waals surface area contributed by atoms with Crippen LogP contribution in [0, 0.1) is 13.8 Å². The van der Waals surface area contributed by atoms with Gasteiger partial charge in [0.15, 0.2) is 0 Å². The molecule has 2 rings (SSSR count). The van der Waals surface area contributed by atoms with Crippen molar-refractivity contribution in [3.8, 4) is 0 Å². The fraction of sp³-hybridized carbons (Fsp3) is 0.286. The minimum Gasteiger partial charge on any atom is -0.386 e. The Morgan fingerprint density at radius 3 is 2.39 bits per heavy atom. The molecular weight excluding hydrogens is 248 g/mol. The zero-order valence-electron chi connectivity index (χ0n) is 10.5. The Balaban J connectivity index is 2.05. The summed E-state index contributed by atoms with van der Waals surface area (Å²) in [5.41, 5.74) is 6.16. The Hall–Kier alpha value is -1.45. The van der Waals surface area contributed by atoms with Crippen LogP contribution in [0.5, 0.6) is 0 Å². The second-order valence-corrected chi connectivity index (χ2v) is 4.76. The minimum atomic E-state index is -0.625. The van der Waals surface area contributed by atoms with Gasteiger partial charge in [0.1, 0.15) is 0 Å². The minimum absolute atomic E-state index is 0.417. The summed E-state index contributed by atoms with van der Waals surface area (Å²) in [4.78, 5) is 0. The van der Waals surface area contributed by atoms with Crippen molar-refractivity contribution in [1.29, 1.82) is 0 Å². The van der Waals surface area contributed by atoms with Crippen molar-refractivity contribution >= 4 is 11.6 Å². The molecule has 0 radical (unpaired) electrons. The summed E-state index contributed by atoms with van der Waals surface area (Å²) in [5.74, 6) is 0. The Morgan fingerprint density at radius 2 is 1.78 bits per heavy atom. The fourth-order valence-corrected chi connectivity index (χ4v) is 2.21. The van der Waals surface area contributed by atoms with Crippen LogP contribution in [0.1, 0.15) is 23.1 Å². The molecule has 96 valence electrons. The highest BCUT2D eigenvalue weighted by Gasteiger charge is 2.11. The fourth-order valence-electron chi connectivity index (χ4n) is 1.95. The molecule has 2 aromatic rings. The highest BCUT2D eigenvalue weighted by molar-refractivity contribution is 6.31. The summed E-state index contributed by atoms with van der Waals surface area (Å²) in [6, 6.07) is 11.4. The molecule has 0 saturated carbocycles. The largest absolute Gasteiger partial charge is 0.386 e. The lowest BCUT2D eigenvalue weighted by Crippen LogP contribution is -2.23. The van der Waals surface area contributed by atoms with Crippen molar-refractivity contribution in [2.24, 2.45) is 0 Å². The van der Waals surface area contributed by atoms with Gasteiger partial charge in [-0.2, -0.15) is 0 Å². The van der Waals surface area contributed by atoms with Gasteiger partial charge in [0.05, 0.1) is 12.6 Å². The molecule has 1 aromatic carbocycles. The first kappa shape index (κ1) is 13.0. The summed E-state index contributed by atoms with van der Waals surface area (Å²) in [7, 11) is 0. The maximum absolute atomic E-state index is 10.1. The van der Waals surface area contributed by atoms with Crippen molar-refractivity contribution in [3.05, 3.63) is 58.4 Å². The van der Waals surface area contributed by atoms with E-state index >= 15 is 0 Å². The van der Waals surface area contributed by atoms with Gasteiger partial charge in [-0.05, 0) is 32.0 Å². The van der Waals surface area contributed by atoms with Crippen molar-refractivity contribution in [2.45, 2.75) is 20.0 Å². The molecule has 0 amide bonds. The summed E-state index contributed by atoms with van der Waals surface area (Å²) < 4.78 is 1.96. The summed E-state index contributed by atoms with van der Waals surface area (Å²) in [6.07, 6.45) is -0.625. The summed E-state index contributed by atoms with van der Waals surface area (Å²) >= 11 is 6.05. The molecule has 0 aliphatic rings. The number of aryl methyl sites for hydroxylation is 2. The molecule has 1 aromatic heterocycles. The molecule has 0 bridgehead atoms. The third-order valence-corrected chi connectivity index (χ3v) is 3.32. The van der Waals surface area contributed by atoms with E-state index in [0.29, 0.717) is 11.6 Å². The lowest BCUT2D eigenvalue weighted by molar-refractivity contribution is 0.188. The van der Waals surface area contributed by atoms with Gasteiger partial charge in [-0.1, -0.05) is 29.8 Å². The molecule has 1 unspecified atom stereocenters. The molecule has 0 saturated heterocycles. The molecule has 1 atom stereocenters. The molecule has 0 fully saturated rings. The van der Waals surface area contributed by atoms with E-state index in [0.717, 1.165) is 17.0 Å². The van der Waals surface area contributed by atoms with Crippen LogP contribution in [-0.2, 0) is 0 Å². The number of rotatable bonds is 4. The number of aromatic nitrogens is 1. The SMILES string of the molecule is Cc1ccc(C)n1NCC(O)c1ccccc1Cl. The number of hydrogen-bond acceptors (Lipinski definition) is 2. The average molecular weight is 265 g/mol. The molecule has 2 N–H and O–H groups in total. The molecule has 0 aliphatic carbocycles. The van der Waals surface area contributed by atoms with Crippen molar-refractivity contribution in [3.63, 3.8) is 0 Å². The Bertz CT molecular complexity index is 517. The van der Waals surface area contributed by atoms with E-state index in [4.69, 9.17) is 11.6 Å². The molecule has 4 heteroatoms. The van der Waals surface area contributed by atoms with Crippen molar-refractivity contribution in [2.75, 3.05) is 12.0 Å². The summed E-state index contributed by atoms with van der Waals surface area (Å²) in [5, 5.41) is 10.7. The Labute approximate surface area is 112 Å². The third-order valence-electron chi connectivity index (χ3n) is 2.98. The zero-order chi connectivity index (χ0) is 13.1. The van der Waals surface area contributed by atoms with Gasteiger partial charge in [-0.25, -0.2) is 0 Å². The first-order chi connectivity index (χ1) is 8.59. The molecule has 1 heterocycles. The van der Waals surface area contributed by atoms with Crippen molar-refractivity contribution < 1.29 is 5.11 Å². The number of aliphatic hydroxyl groups excluding tert-OH is 1. The number of nitrogens with zero attached hydrogens (tertiary/aromatic N) is 1. The highest BCUT2D eigenvalue weighted by atomic mass is 35.5. The Kier molecular flexibility index (Phi) is 3.94. The molecular formula is C14H17ClN2O. The number of aliphatic hydroxyl groups is 1. The lowest BCUT2D eigenvalue weighted by atomic mass is 10.1. The third kappa shape index (κ3) is 2.68. The zero-order valence-corrected chi connectivity index (χ0v) is 11.3. The van der Waals surface area contributed by atoms with Crippen LogP contribution >= 0.6 is 11.6 Å². The van der Waals surface area contributed by atoms with E-state index in [9.17, 15) is 5.11 Å². The summed E-state index contributed by atoms with van der Waals surface area (Å²) in [6.45, 7) is 4.45. The maximum Gasteiger partial charge on any atom is 0.0992 e. The van der Waals surface area contributed by atoms with Gasteiger partial charge in [-0.3, -0.25) is 4.68 Å². The topological polar surface area (TPSA) is 37.2 Å². The standard InChI is InChI=1S/C14H17ClN2O/c1-10-7-8-11(2)17(10)16-9-14(18)12-5-3-4-6-13(12)15/h3-8,14,16,18H,9H2,1-2H3. The van der Waals surface area contributed by atoms with E-state index in [2.05, 4.69) is 5.43 Å². The molecule has 0 spiro atoms. The van der Waals surface area contributed by atoms with E-state index in [1.165, 1.54) is 0 Å². The molecule has 3 nitrogen and oxygen atoms in total. The van der Waals surface area contributed by atoms with Gasteiger partial charge in [-0.15, -0.1) is 0 Å². The molecule has 18 heavy (non-hydrogen) atoms. The van der Waals surface area contributed by atoms with Crippen LogP contribution in [0.2, 0.25) is 5.02 Å². The van der Waals surface area contributed by atoms with Crippen LogP contribution in [0.4, 0.5) is 0 Å². The van der Waals surface area contributed by atoms with Crippen LogP contribution in [0.3, 0.4) is 0 Å². The van der Waals surface area contributed by atoms with Gasteiger partial charge in [0.25, 0.3) is 0 Å². The average Bonchev–Trinajstić information content (AvgIpc) is 2.67. The van der Waals surface area contributed by atoms with Crippen LogP contribution < -0.4 is 5.43 Å². The Morgan fingerprint density at radius 1 is 1.17 bits per heavy atom. The lowest BCUT2D eigenvalue weighted by Gasteiger charge is -2.17. The van der Waals surface area contributed by atoms with Gasteiger partial charge in [0.2, 0.25) is 0 Å². The first-order valence-corrected chi connectivity index (χ1v) is 6.28. The highest BCUT2D eigenvalue weighted by Crippen LogP contribution is 2.22. The molecule has 0 aliphatic heterocycles. The van der Waals surface area contributed by atoms with E-state index < -0.39 is 6.10 Å². The second kappa shape index (κ2) is 5.46. The number of benzene rings is 1. The van der Waals surface area contributed by atoms with Crippen LogP contribution in [0.25, 0.3) is 0 Å². The monoisotopic (exact) mass is 264 g/mol. The quantitative estimate of drug-likeness (QED) is 0.891. The second-order valence-electron chi connectivity index (χ2n) is 4.35. The normalized spacial score (nSPS) is 12.4. The van der Waals surface area contributed by atoms with Gasteiger partial charge >= 0.3 is 0 Å². The first-order valence-electron chi connectivity index (χ1n) is 5.91. The van der Waals surface area contributed by atoms with E-state index in [1.807, 2.05) is 48.9 Å². The number of nitrogens with one attached hydrogen (secondary N) is 1. The van der Waals surface area contributed by atoms with Crippen LogP contribution in [0.15, 0.2) is 36.4 Å². The van der Waals surface area contributed by atoms with E-state index in [1.54, 1.807) is 6.07 Å². The number of hydrogen-bond donors (Lipinski definition) is 2. The number of halogens is 1. The smallest absolute Gasteiger partial charge is 0.0992 e. The predicted molar refractivity (Wildman–Crippen MR) is 74.5 cm³/mol. The van der Waals surface area contributed by atoms with Crippen molar-refractivity contribution in [1.82, 2.24) is 4.68 Å². The maximum atomic E-state index is 10.1. The predicted octanol–water partition coefficient (Wildman–Crippen LogP) is 3.04. The van der Waals surface area contributed by atoms with Gasteiger partial charge < -0.3 is 10.5 Å².